The van der Waals surface area contributed by atoms with Crippen LogP contribution in [0.1, 0.15) is 6.92 Å². The van der Waals surface area contributed by atoms with Gasteiger partial charge in [0.15, 0.2) is 25.0 Å². The summed E-state index contributed by atoms with van der Waals surface area (Å²) in [5.74, 6) is -0.414. The Kier molecular flexibility index (Phi) is 10.0. The molecule has 0 aliphatic heterocycles. The number of hydrogen-bond donors (Lipinski definition) is 0. The standard InChI is InChI=1S/C17H42O6Si5/c1-16(2)17(18)19-14-15-20-28(22-25(6,7)8,23-26(9,10)11)27(12,13)21-24(3,4)5/h1,14-15H2,2-13H3. The molecular weight excluding hydrogens is 441 g/mol. The largest absolute Gasteiger partial charge is 0.481 e. The first kappa shape index (κ1) is 28.1. The molecule has 0 aromatic heterocycles. The van der Waals surface area contributed by atoms with E-state index in [1.165, 1.54) is 0 Å². The Labute approximate surface area is 177 Å². The van der Waals surface area contributed by atoms with E-state index in [0.29, 0.717) is 5.57 Å². The molecule has 0 aromatic rings. The van der Waals surface area contributed by atoms with Crippen LogP contribution in [0.3, 0.4) is 0 Å². The third-order valence-corrected chi connectivity index (χ3v) is 24.3. The summed E-state index contributed by atoms with van der Waals surface area (Å²) in [7, 11) is -11.5. The van der Waals surface area contributed by atoms with E-state index in [-0.39, 0.29) is 13.2 Å². The van der Waals surface area contributed by atoms with Crippen LogP contribution in [0, 0.1) is 0 Å². The van der Waals surface area contributed by atoms with E-state index in [1.807, 2.05) is 0 Å². The highest BCUT2D eigenvalue weighted by Gasteiger charge is 2.63. The highest BCUT2D eigenvalue weighted by atomic mass is 29.3. The summed E-state index contributed by atoms with van der Waals surface area (Å²) in [5, 5.41) is 0. The van der Waals surface area contributed by atoms with E-state index >= 15 is 0 Å². The molecule has 6 nitrogen and oxygen atoms in total. The molecule has 166 valence electrons. The number of esters is 1. The highest BCUT2D eigenvalue weighted by molar-refractivity contribution is 7.35. The van der Waals surface area contributed by atoms with Gasteiger partial charge in [0.25, 0.3) is 7.83 Å². The Bertz CT molecular complexity index is 530. The van der Waals surface area contributed by atoms with Crippen molar-refractivity contribution in [2.45, 2.75) is 78.9 Å². The molecule has 0 saturated heterocycles. The molecule has 0 aliphatic rings. The van der Waals surface area contributed by atoms with Gasteiger partial charge in [-0.25, -0.2) is 4.79 Å². The van der Waals surface area contributed by atoms with Gasteiger partial charge in [-0.2, -0.15) is 0 Å². The molecule has 0 unspecified atom stereocenters. The van der Waals surface area contributed by atoms with E-state index < -0.39 is 47.1 Å². The van der Waals surface area contributed by atoms with Crippen LogP contribution >= 0.6 is 0 Å². The predicted molar refractivity (Wildman–Crippen MR) is 128 cm³/mol. The lowest BCUT2D eigenvalue weighted by Gasteiger charge is -2.48. The van der Waals surface area contributed by atoms with Crippen molar-refractivity contribution in [1.29, 1.82) is 0 Å². The van der Waals surface area contributed by atoms with Gasteiger partial charge in [0.1, 0.15) is 6.61 Å². The maximum atomic E-state index is 11.7. The van der Waals surface area contributed by atoms with E-state index in [4.69, 9.17) is 21.5 Å². The maximum Gasteiger partial charge on any atom is 0.481 e. The second-order valence-corrected chi connectivity index (χ2v) is 35.5. The Hall–Kier alpha value is 0.134. The molecule has 0 fully saturated rings. The van der Waals surface area contributed by atoms with Crippen LogP contribution in [-0.4, -0.2) is 60.3 Å². The normalized spacial score (nSPS) is 14.1. The van der Waals surface area contributed by atoms with Crippen molar-refractivity contribution in [3.63, 3.8) is 0 Å². The second-order valence-electron chi connectivity index (χ2n) is 10.5. The number of carbonyl (C=O) groups is 1. The molecule has 0 atom stereocenters. The van der Waals surface area contributed by atoms with Gasteiger partial charge in [0, 0.05) is 5.57 Å². The lowest BCUT2D eigenvalue weighted by Crippen LogP contribution is -2.74. The Morgan fingerprint density at radius 1 is 0.714 bits per heavy atom. The molecule has 0 saturated carbocycles. The molecule has 0 amide bonds. The Morgan fingerprint density at radius 3 is 1.43 bits per heavy atom. The number of carbonyl (C=O) groups excluding carboxylic acids is 1. The minimum atomic E-state index is -3.14. The summed E-state index contributed by atoms with van der Waals surface area (Å²) in [6.45, 7) is 29.3. The van der Waals surface area contributed by atoms with Crippen LogP contribution in [0.25, 0.3) is 0 Å². The molecule has 28 heavy (non-hydrogen) atoms. The van der Waals surface area contributed by atoms with Gasteiger partial charge >= 0.3 is 14.3 Å². The SMILES string of the molecule is C=C(C)C(=O)OCCO[Si](O[Si](C)(C)C)(O[Si](C)(C)C)[Si](C)(C)O[Si](C)(C)C. The van der Waals surface area contributed by atoms with E-state index in [9.17, 15) is 4.79 Å². The van der Waals surface area contributed by atoms with Crippen LogP contribution < -0.4 is 0 Å². The molecule has 0 aliphatic carbocycles. The van der Waals surface area contributed by atoms with E-state index in [0.717, 1.165) is 0 Å². The monoisotopic (exact) mass is 482 g/mol. The molecule has 0 bridgehead atoms. The van der Waals surface area contributed by atoms with Crippen molar-refractivity contribution in [3.8, 4) is 0 Å². The minimum Gasteiger partial charge on any atom is -0.460 e. The first-order valence-corrected chi connectivity index (χ1v) is 25.6. The van der Waals surface area contributed by atoms with Crippen LogP contribution in [-0.2, 0) is 26.3 Å². The van der Waals surface area contributed by atoms with Crippen LogP contribution in [0.15, 0.2) is 12.2 Å². The molecule has 0 rings (SSSR count). The molecule has 11 heteroatoms. The number of ether oxygens (including phenoxy) is 1. The fourth-order valence-electron chi connectivity index (χ4n) is 2.57. The molecule has 0 heterocycles. The van der Waals surface area contributed by atoms with Gasteiger partial charge in [0.2, 0.25) is 0 Å². The van der Waals surface area contributed by atoms with Crippen molar-refractivity contribution >= 4 is 47.1 Å². The summed E-state index contributed by atoms with van der Waals surface area (Å²) < 4.78 is 31.8. The van der Waals surface area contributed by atoms with Gasteiger partial charge in [0.05, 0.1) is 6.61 Å². The zero-order valence-electron chi connectivity index (χ0n) is 20.1. The predicted octanol–water partition coefficient (Wildman–Crippen LogP) is 4.90. The lowest BCUT2D eigenvalue weighted by atomic mass is 10.4. The van der Waals surface area contributed by atoms with Gasteiger partial charge in [-0.1, -0.05) is 6.58 Å². The fraction of sp³-hybridized carbons (Fsp3) is 0.824. The zero-order valence-corrected chi connectivity index (χ0v) is 25.1. The van der Waals surface area contributed by atoms with E-state index in [2.05, 4.69) is 78.6 Å². The summed E-state index contributed by atoms with van der Waals surface area (Å²) in [4.78, 5) is 11.7. The smallest absolute Gasteiger partial charge is 0.460 e. The third kappa shape index (κ3) is 10.8. The topological polar surface area (TPSA) is 63.2 Å². The maximum absolute atomic E-state index is 11.7. The van der Waals surface area contributed by atoms with Gasteiger partial charge in [-0.15, -0.1) is 0 Å². The summed E-state index contributed by atoms with van der Waals surface area (Å²) >= 11 is 0. The van der Waals surface area contributed by atoms with Gasteiger partial charge < -0.3 is 21.5 Å². The van der Waals surface area contributed by atoms with Crippen molar-refractivity contribution < 1.29 is 26.3 Å². The second kappa shape index (κ2) is 9.96. The lowest BCUT2D eigenvalue weighted by molar-refractivity contribution is -0.139. The van der Waals surface area contributed by atoms with Crippen LogP contribution in [0.2, 0.25) is 72.0 Å². The Morgan fingerprint density at radius 2 is 1.11 bits per heavy atom. The summed E-state index contributed by atoms with van der Waals surface area (Å²) in [6, 6.07) is 0. The summed E-state index contributed by atoms with van der Waals surface area (Å²) in [5.41, 5.74) is 0.372. The highest BCUT2D eigenvalue weighted by Crippen LogP contribution is 2.33. The molecule has 0 spiro atoms. The van der Waals surface area contributed by atoms with Crippen LogP contribution in [0.5, 0.6) is 0 Å². The average Bonchev–Trinajstić information content (AvgIpc) is 2.36. The first-order chi connectivity index (χ1) is 12.2. The van der Waals surface area contributed by atoms with Crippen molar-refractivity contribution in [2.75, 3.05) is 13.2 Å². The van der Waals surface area contributed by atoms with Gasteiger partial charge in [-0.05, 0) is 78.9 Å². The molecular formula is C17H42O6Si5. The van der Waals surface area contributed by atoms with Gasteiger partial charge in [-0.3, -0.25) is 0 Å². The first-order valence-electron chi connectivity index (χ1n) is 9.77. The van der Waals surface area contributed by atoms with Crippen molar-refractivity contribution in [1.82, 2.24) is 0 Å². The average molecular weight is 483 g/mol. The van der Waals surface area contributed by atoms with Crippen LogP contribution in [0.4, 0.5) is 0 Å². The van der Waals surface area contributed by atoms with Crippen molar-refractivity contribution in [3.05, 3.63) is 12.2 Å². The quantitative estimate of drug-likeness (QED) is 0.171. The zero-order chi connectivity index (χ0) is 22.6. The molecule has 0 aromatic carbocycles. The van der Waals surface area contributed by atoms with Crippen molar-refractivity contribution in [2.24, 2.45) is 0 Å². The Balaban J connectivity index is 5.84. The minimum absolute atomic E-state index is 0.141. The van der Waals surface area contributed by atoms with E-state index in [1.54, 1.807) is 6.92 Å². The fourth-order valence-corrected chi connectivity index (χ4v) is 34.5. The molecule has 0 radical (unpaired) electrons. The number of rotatable bonds is 12. The molecule has 0 N–H and O–H groups in total. The third-order valence-electron chi connectivity index (χ3n) is 3.14. The summed E-state index contributed by atoms with van der Waals surface area (Å²) in [6.07, 6.45) is 0. The number of hydrogen-bond acceptors (Lipinski definition) is 6.